The molecule has 6 nitrogen and oxygen atoms in total. The van der Waals surface area contributed by atoms with Crippen molar-refractivity contribution < 1.29 is 14.3 Å². The minimum atomic E-state index is -0.761. The van der Waals surface area contributed by atoms with E-state index in [-0.39, 0.29) is 19.0 Å². The van der Waals surface area contributed by atoms with Crippen molar-refractivity contribution in [2.75, 3.05) is 26.7 Å². The first-order valence-corrected chi connectivity index (χ1v) is 9.55. The van der Waals surface area contributed by atoms with Gasteiger partial charge in [-0.05, 0) is 51.2 Å². The molecule has 2 aromatic heterocycles. The van der Waals surface area contributed by atoms with Crippen molar-refractivity contribution in [3.05, 3.63) is 29.0 Å². The van der Waals surface area contributed by atoms with Gasteiger partial charge in [0.05, 0.1) is 17.1 Å². The molecule has 1 unspecified atom stereocenters. The van der Waals surface area contributed by atoms with Crippen LogP contribution in [0.3, 0.4) is 0 Å². The van der Waals surface area contributed by atoms with E-state index in [0.717, 1.165) is 55.2 Å². The van der Waals surface area contributed by atoms with E-state index < -0.39 is 5.97 Å². The van der Waals surface area contributed by atoms with Crippen LogP contribution in [-0.4, -0.2) is 58.6 Å². The summed E-state index contributed by atoms with van der Waals surface area (Å²) in [5, 5.41) is 11.0. The molecule has 1 aliphatic heterocycles. The Morgan fingerprint density at radius 3 is 2.96 bits per heavy atom. The van der Waals surface area contributed by atoms with Gasteiger partial charge in [-0.1, -0.05) is 6.07 Å². The summed E-state index contributed by atoms with van der Waals surface area (Å²) in [6, 6.07) is 4.36. The lowest BCUT2D eigenvalue weighted by atomic mass is 10.1. The number of likely N-dealkylation sites (tertiary alicyclic amines) is 1. The highest BCUT2D eigenvalue weighted by molar-refractivity contribution is 7.13. The molecule has 3 heterocycles. The minimum absolute atomic E-state index is 0. The number of carboxylic acids is 1. The fourth-order valence-electron chi connectivity index (χ4n) is 3.37. The van der Waals surface area contributed by atoms with Gasteiger partial charge in [0.2, 0.25) is 5.89 Å². The zero-order valence-electron chi connectivity index (χ0n) is 15.2. The molecule has 1 fully saturated rings. The first kappa shape index (κ1) is 20.9. The smallest absolute Gasteiger partial charge is 0.317 e. The number of nitrogens with zero attached hydrogens (tertiary/aromatic N) is 3. The van der Waals surface area contributed by atoms with E-state index in [9.17, 15) is 4.79 Å². The molecule has 0 bridgehead atoms. The fourth-order valence-corrected chi connectivity index (χ4v) is 4.02. The SMILES string of the molecule is Cc1oc(-c2cccs2)nc1CN1CCCC(N(C)CC(=O)O)CC1.Cl. The van der Waals surface area contributed by atoms with Crippen molar-refractivity contribution in [3.8, 4) is 10.8 Å². The van der Waals surface area contributed by atoms with Gasteiger partial charge in [-0.2, -0.15) is 0 Å². The van der Waals surface area contributed by atoms with Gasteiger partial charge in [0.15, 0.2) is 0 Å². The van der Waals surface area contributed by atoms with Gasteiger partial charge in [0.1, 0.15) is 5.76 Å². The summed E-state index contributed by atoms with van der Waals surface area (Å²) in [5.74, 6) is 0.825. The van der Waals surface area contributed by atoms with Gasteiger partial charge in [0.25, 0.3) is 0 Å². The maximum atomic E-state index is 10.9. The maximum Gasteiger partial charge on any atom is 0.317 e. The standard InChI is InChI=1S/C18H25N3O3S.ClH/c1-13-15(19-18(24-13)16-6-4-10-25-16)11-21-8-3-5-14(7-9-21)20(2)12-17(22)23;/h4,6,10,14H,3,5,7-9,11-12H2,1-2H3,(H,22,23);1H. The Labute approximate surface area is 164 Å². The van der Waals surface area contributed by atoms with Gasteiger partial charge in [-0.25, -0.2) is 4.98 Å². The molecule has 1 aliphatic rings. The van der Waals surface area contributed by atoms with Crippen molar-refractivity contribution >= 4 is 29.7 Å². The van der Waals surface area contributed by atoms with Crippen LogP contribution in [0.2, 0.25) is 0 Å². The van der Waals surface area contributed by atoms with Crippen LogP contribution in [-0.2, 0) is 11.3 Å². The van der Waals surface area contributed by atoms with Crippen molar-refractivity contribution in [3.63, 3.8) is 0 Å². The Kier molecular flexibility index (Phi) is 7.64. The Morgan fingerprint density at radius 2 is 2.27 bits per heavy atom. The first-order valence-electron chi connectivity index (χ1n) is 8.67. The predicted molar refractivity (Wildman–Crippen MR) is 105 cm³/mol. The molecule has 0 aromatic carbocycles. The van der Waals surface area contributed by atoms with Crippen molar-refractivity contribution in [2.45, 2.75) is 38.8 Å². The zero-order valence-corrected chi connectivity index (χ0v) is 16.8. The van der Waals surface area contributed by atoms with Crippen LogP contribution >= 0.6 is 23.7 Å². The predicted octanol–water partition coefficient (Wildman–Crippen LogP) is 3.50. The first-order chi connectivity index (χ1) is 12.0. The lowest BCUT2D eigenvalue weighted by Gasteiger charge is -2.25. The molecule has 1 saturated heterocycles. The summed E-state index contributed by atoms with van der Waals surface area (Å²) in [4.78, 5) is 21.0. The van der Waals surface area contributed by atoms with Crippen molar-refractivity contribution in [2.24, 2.45) is 0 Å². The normalized spacial score (nSPS) is 18.5. The number of rotatable bonds is 6. The highest BCUT2D eigenvalue weighted by Gasteiger charge is 2.23. The average molecular weight is 400 g/mol. The van der Waals surface area contributed by atoms with E-state index in [4.69, 9.17) is 9.52 Å². The lowest BCUT2D eigenvalue weighted by Crippen LogP contribution is -2.36. The third kappa shape index (κ3) is 5.30. The molecule has 0 spiro atoms. The third-order valence-corrected chi connectivity index (χ3v) is 5.65. The Morgan fingerprint density at radius 1 is 1.46 bits per heavy atom. The number of aliphatic carboxylic acids is 1. The molecule has 1 atom stereocenters. The number of hydrogen-bond donors (Lipinski definition) is 1. The Balaban J connectivity index is 0.00000243. The lowest BCUT2D eigenvalue weighted by molar-refractivity contribution is -0.138. The highest BCUT2D eigenvalue weighted by atomic mass is 35.5. The van der Waals surface area contributed by atoms with Gasteiger partial charge < -0.3 is 9.52 Å². The molecule has 0 saturated carbocycles. The second-order valence-electron chi connectivity index (χ2n) is 6.67. The van der Waals surface area contributed by atoms with Crippen molar-refractivity contribution in [1.82, 2.24) is 14.8 Å². The molecular formula is C18H26ClN3O3S. The van der Waals surface area contributed by atoms with Crippen LogP contribution in [0.1, 0.15) is 30.7 Å². The van der Waals surface area contributed by atoms with E-state index in [1.165, 1.54) is 0 Å². The number of carbonyl (C=O) groups is 1. The summed E-state index contributed by atoms with van der Waals surface area (Å²) < 4.78 is 5.83. The monoisotopic (exact) mass is 399 g/mol. The molecule has 144 valence electrons. The van der Waals surface area contributed by atoms with Gasteiger partial charge in [0, 0.05) is 19.1 Å². The number of oxazole rings is 1. The Hall–Kier alpha value is -1.41. The largest absolute Gasteiger partial charge is 0.480 e. The zero-order chi connectivity index (χ0) is 17.8. The second kappa shape index (κ2) is 9.50. The summed E-state index contributed by atoms with van der Waals surface area (Å²) in [5.41, 5.74) is 1.00. The number of halogens is 1. The van der Waals surface area contributed by atoms with E-state index in [0.29, 0.717) is 11.9 Å². The van der Waals surface area contributed by atoms with Gasteiger partial charge in [-0.15, -0.1) is 23.7 Å². The van der Waals surface area contributed by atoms with Crippen molar-refractivity contribution in [1.29, 1.82) is 0 Å². The molecule has 2 aromatic rings. The van der Waals surface area contributed by atoms with E-state index in [1.807, 2.05) is 36.4 Å². The topological polar surface area (TPSA) is 69.8 Å². The third-order valence-electron chi connectivity index (χ3n) is 4.80. The number of thiophene rings is 1. The summed E-state index contributed by atoms with van der Waals surface area (Å²) in [6.45, 7) is 4.83. The van der Waals surface area contributed by atoms with Gasteiger partial charge in [-0.3, -0.25) is 14.6 Å². The number of carboxylic acid groups (broad SMARTS) is 1. The van der Waals surface area contributed by atoms with Crippen LogP contribution in [0.5, 0.6) is 0 Å². The molecule has 0 radical (unpaired) electrons. The number of hydrogen-bond acceptors (Lipinski definition) is 6. The second-order valence-corrected chi connectivity index (χ2v) is 7.62. The summed E-state index contributed by atoms with van der Waals surface area (Å²) >= 11 is 1.63. The summed E-state index contributed by atoms with van der Waals surface area (Å²) in [6.07, 6.45) is 3.10. The van der Waals surface area contributed by atoms with Crippen LogP contribution in [0, 0.1) is 6.92 Å². The maximum absolute atomic E-state index is 10.9. The minimum Gasteiger partial charge on any atom is -0.480 e. The number of likely N-dealkylation sites (N-methyl/N-ethyl adjacent to an activating group) is 1. The molecule has 0 amide bonds. The molecule has 3 rings (SSSR count). The average Bonchev–Trinajstić information content (AvgIpc) is 3.13. The fraction of sp³-hybridized carbons (Fsp3) is 0.556. The molecule has 1 N–H and O–H groups in total. The van der Waals surface area contributed by atoms with E-state index in [1.54, 1.807) is 11.3 Å². The van der Waals surface area contributed by atoms with Crippen LogP contribution < -0.4 is 0 Å². The Bertz CT molecular complexity index is 705. The number of aromatic nitrogens is 1. The van der Waals surface area contributed by atoms with Crippen LogP contribution in [0.25, 0.3) is 10.8 Å². The quantitative estimate of drug-likeness (QED) is 0.801. The van der Waals surface area contributed by atoms with E-state index in [2.05, 4.69) is 9.88 Å². The van der Waals surface area contributed by atoms with E-state index >= 15 is 0 Å². The molecule has 0 aliphatic carbocycles. The van der Waals surface area contributed by atoms with Gasteiger partial charge >= 0.3 is 5.97 Å². The number of aryl methyl sites for hydroxylation is 1. The molecule has 8 heteroatoms. The highest BCUT2D eigenvalue weighted by Crippen LogP contribution is 2.27. The summed E-state index contributed by atoms with van der Waals surface area (Å²) in [7, 11) is 1.91. The van der Waals surface area contributed by atoms with Crippen LogP contribution in [0.4, 0.5) is 0 Å². The molecular weight excluding hydrogens is 374 g/mol. The molecule has 26 heavy (non-hydrogen) atoms. The van der Waals surface area contributed by atoms with Crippen LogP contribution in [0.15, 0.2) is 21.9 Å².